The van der Waals surface area contributed by atoms with Crippen molar-refractivity contribution in [1.29, 1.82) is 0 Å². The minimum absolute atomic E-state index is 0.374. The van der Waals surface area contributed by atoms with Gasteiger partial charge in [0.25, 0.3) is 0 Å². The Labute approximate surface area is 164 Å². The summed E-state index contributed by atoms with van der Waals surface area (Å²) >= 11 is 3.55. The number of likely N-dealkylation sites (tertiary alicyclic amines) is 1. The summed E-state index contributed by atoms with van der Waals surface area (Å²) in [5.74, 6) is 0.889. The maximum atomic E-state index is 12.3. The second-order valence-electron chi connectivity index (χ2n) is 7.54. The molecule has 0 spiro atoms. The van der Waals surface area contributed by atoms with Crippen LogP contribution in [0, 0.1) is 5.92 Å². The van der Waals surface area contributed by atoms with Crippen molar-refractivity contribution in [3.05, 3.63) is 50.4 Å². The van der Waals surface area contributed by atoms with E-state index in [1.165, 1.54) is 29.5 Å². The highest BCUT2D eigenvalue weighted by atomic mass is 32.1. The number of carbonyl (C=O) groups excluding carboxylic acids is 1. The van der Waals surface area contributed by atoms with Crippen molar-refractivity contribution >= 4 is 34.0 Å². The van der Waals surface area contributed by atoms with Crippen LogP contribution in [0.2, 0.25) is 0 Å². The Hall–Kier alpha value is -1.23. The Morgan fingerprint density at radius 1 is 1.00 bits per heavy atom. The fraction of sp³-hybridized carbons (Fsp3) is 0.500. The second kappa shape index (κ2) is 8.64. The van der Waals surface area contributed by atoms with Crippen LogP contribution in [0.4, 0.5) is 0 Å². The van der Waals surface area contributed by atoms with Gasteiger partial charge in [-0.25, -0.2) is 0 Å². The molecule has 138 valence electrons. The quantitative estimate of drug-likeness (QED) is 0.621. The Morgan fingerprint density at radius 2 is 1.62 bits per heavy atom. The first-order valence-electron chi connectivity index (χ1n) is 9.83. The average molecular weight is 386 g/mol. The molecular formula is C22H27NOS2. The highest BCUT2D eigenvalue weighted by Crippen LogP contribution is 2.34. The van der Waals surface area contributed by atoms with E-state index in [4.69, 9.17) is 0 Å². The van der Waals surface area contributed by atoms with Crippen LogP contribution in [-0.2, 0) is 4.79 Å². The van der Waals surface area contributed by atoms with Crippen molar-refractivity contribution in [3.8, 4) is 0 Å². The molecular weight excluding hydrogens is 358 g/mol. The van der Waals surface area contributed by atoms with E-state index >= 15 is 0 Å². The summed E-state index contributed by atoms with van der Waals surface area (Å²) in [6.07, 6.45) is 7.78. The van der Waals surface area contributed by atoms with Gasteiger partial charge in [0, 0.05) is 32.0 Å². The Kier molecular flexibility index (Phi) is 6.03. The number of hydrogen-bond donors (Lipinski definition) is 0. The van der Waals surface area contributed by atoms with Crippen LogP contribution in [0.3, 0.4) is 0 Å². The molecule has 1 aliphatic heterocycles. The molecule has 4 rings (SSSR count). The van der Waals surface area contributed by atoms with E-state index in [0.29, 0.717) is 11.7 Å². The number of nitrogens with zero attached hydrogens (tertiary/aromatic N) is 1. The first-order valence-corrected chi connectivity index (χ1v) is 11.7. The monoisotopic (exact) mass is 385 g/mol. The molecule has 4 heteroatoms. The second-order valence-corrected chi connectivity index (χ2v) is 9.10. The number of rotatable bonds is 6. The van der Waals surface area contributed by atoms with Gasteiger partial charge in [-0.05, 0) is 76.0 Å². The van der Waals surface area contributed by atoms with Crippen molar-refractivity contribution in [2.45, 2.75) is 44.9 Å². The average Bonchev–Trinajstić information content (AvgIpc) is 3.44. The normalized spacial score (nSPS) is 19.2. The Balaban J connectivity index is 1.38. The molecule has 1 saturated heterocycles. The van der Waals surface area contributed by atoms with Crippen molar-refractivity contribution in [3.63, 3.8) is 0 Å². The maximum Gasteiger partial charge on any atom is 0.137 e. The predicted molar refractivity (Wildman–Crippen MR) is 112 cm³/mol. The lowest BCUT2D eigenvalue weighted by Crippen LogP contribution is -2.33. The highest BCUT2D eigenvalue weighted by molar-refractivity contribution is 7.08. The molecule has 2 aromatic rings. The van der Waals surface area contributed by atoms with Gasteiger partial charge in [-0.15, -0.1) is 0 Å². The molecule has 0 unspecified atom stereocenters. The summed E-state index contributed by atoms with van der Waals surface area (Å²) in [6.45, 7) is 3.13. The minimum Gasteiger partial charge on any atom is -0.302 e. The van der Waals surface area contributed by atoms with Crippen LogP contribution in [-0.4, -0.2) is 30.3 Å². The van der Waals surface area contributed by atoms with E-state index < -0.39 is 0 Å². The van der Waals surface area contributed by atoms with Crippen molar-refractivity contribution in [1.82, 2.24) is 4.90 Å². The topological polar surface area (TPSA) is 20.3 Å². The summed E-state index contributed by atoms with van der Waals surface area (Å²) in [7, 11) is 0. The minimum atomic E-state index is 0.374. The largest absolute Gasteiger partial charge is 0.302 e. The van der Waals surface area contributed by atoms with Gasteiger partial charge in [-0.1, -0.05) is 18.4 Å². The molecule has 3 heterocycles. The van der Waals surface area contributed by atoms with E-state index in [-0.39, 0.29) is 0 Å². The van der Waals surface area contributed by atoms with E-state index in [1.54, 1.807) is 28.2 Å². The van der Waals surface area contributed by atoms with Gasteiger partial charge < -0.3 is 4.90 Å². The van der Waals surface area contributed by atoms with Crippen LogP contribution in [0.5, 0.6) is 0 Å². The molecule has 1 saturated carbocycles. The molecule has 26 heavy (non-hydrogen) atoms. The standard InChI is InChI=1S/C22H27NOS2/c24-21(17-3-1-2-4-17)7-12-23-10-5-18(6-11-23)22(19-8-13-25-15-19)20-9-14-26-16-20/h8-9,13-17H,1-7,10-12H2. The number of piperidine rings is 1. The summed E-state index contributed by atoms with van der Waals surface area (Å²) in [6, 6.07) is 4.49. The molecule has 2 fully saturated rings. The SMILES string of the molecule is O=C(CCN1CCC(=C(c2ccsc2)c2ccsc2)CC1)C1CCCC1. The zero-order chi connectivity index (χ0) is 17.8. The predicted octanol–water partition coefficient (Wildman–Crippen LogP) is 5.86. The molecule has 1 aliphatic carbocycles. The zero-order valence-electron chi connectivity index (χ0n) is 15.3. The lowest BCUT2D eigenvalue weighted by atomic mass is 9.90. The van der Waals surface area contributed by atoms with Crippen LogP contribution in [0.25, 0.3) is 5.57 Å². The Bertz CT molecular complexity index is 693. The number of thiophene rings is 2. The van der Waals surface area contributed by atoms with E-state index in [2.05, 4.69) is 38.6 Å². The summed E-state index contributed by atoms with van der Waals surface area (Å²) in [5.41, 5.74) is 5.77. The van der Waals surface area contributed by atoms with Crippen molar-refractivity contribution < 1.29 is 4.79 Å². The number of ketones is 1. The van der Waals surface area contributed by atoms with Gasteiger partial charge in [0.05, 0.1) is 0 Å². The van der Waals surface area contributed by atoms with Crippen LogP contribution < -0.4 is 0 Å². The lowest BCUT2D eigenvalue weighted by molar-refractivity contribution is -0.123. The maximum absolute atomic E-state index is 12.3. The van der Waals surface area contributed by atoms with Gasteiger partial charge in [0.1, 0.15) is 5.78 Å². The van der Waals surface area contributed by atoms with Gasteiger partial charge >= 0.3 is 0 Å². The fourth-order valence-corrected chi connectivity index (χ4v) is 5.70. The van der Waals surface area contributed by atoms with Crippen LogP contribution in [0.15, 0.2) is 39.2 Å². The fourth-order valence-electron chi connectivity index (χ4n) is 4.41. The summed E-state index contributed by atoms with van der Waals surface area (Å²) in [5, 5.41) is 8.89. The molecule has 0 radical (unpaired) electrons. The van der Waals surface area contributed by atoms with Gasteiger partial charge in [0.2, 0.25) is 0 Å². The van der Waals surface area contributed by atoms with Crippen LogP contribution in [0.1, 0.15) is 56.1 Å². The number of Topliss-reactive ketones (excluding diaryl/α,β-unsaturated/α-hetero) is 1. The molecule has 0 bridgehead atoms. The molecule has 0 atom stereocenters. The lowest BCUT2D eigenvalue weighted by Gasteiger charge is -2.30. The highest BCUT2D eigenvalue weighted by Gasteiger charge is 2.24. The van der Waals surface area contributed by atoms with Crippen LogP contribution >= 0.6 is 22.7 Å². The number of carbonyl (C=O) groups is 1. The third-order valence-electron chi connectivity index (χ3n) is 5.92. The van der Waals surface area contributed by atoms with E-state index in [1.807, 2.05) is 0 Å². The third-order valence-corrected chi connectivity index (χ3v) is 7.28. The van der Waals surface area contributed by atoms with Crippen molar-refractivity contribution in [2.75, 3.05) is 19.6 Å². The first-order chi connectivity index (χ1) is 12.8. The van der Waals surface area contributed by atoms with Gasteiger partial charge in [-0.2, -0.15) is 22.7 Å². The van der Waals surface area contributed by atoms with Gasteiger partial charge in [-0.3, -0.25) is 4.79 Å². The Morgan fingerprint density at radius 3 is 2.15 bits per heavy atom. The third kappa shape index (κ3) is 4.19. The zero-order valence-corrected chi connectivity index (χ0v) is 16.9. The molecule has 2 aromatic heterocycles. The van der Waals surface area contributed by atoms with E-state index in [0.717, 1.165) is 51.7 Å². The molecule has 0 aromatic carbocycles. The smallest absolute Gasteiger partial charge is 0.137 e. The first kappa shape index (κ1) is 18.1. The molecule has 2 nitrogen and oxygen atoms in total. The van der Waals surface area contributed by atoms with E-state index in [9.17, 15) is 4.79 Å². The van der Waals surface area contributed by atoms with Crippen molar-refractivity contribution in [2.24, 2.45) is 5.92 Å². The summed E-state index contributed by atoms with van der Waals surface area (Å²) in [4.78, 5) is 14.8. The molecule has 2 aliphatic rings. The molecule has 0 amide bonds. The molecule has 0 N–H and O–H groups in total. The number of hydrogen-bond acceptors (Lipinski definition) is 4. The van der Waals surface area contributed by atoms with Gasteiger partial charge in [0.15, 0.2) is 0 Å². The summed E-state index contributed by atoms with van der Waals surface area (Å²) < 4.78 is 0.